The predicted octanol–water partition coefficient (Wildman–Crippen LogP) is 8.51. The molecule has 0 bridgehead atoms. The number of carbonyl (C=O) groups is 1. The van der Waals surface area contributed by atoms with Crippen molar-refractivity contribution in [2.45, 2.75) is 27.7 Å². The third-order valence-corrected chi connectivity index (χ3v) is 6.14. The third-order valence-electron chi connectivity index (χ3n) is 6.14. The van der Waals surface area contributed by atoms with Crippen LogP contribution in [0.3, 0.4) is 0 Å². The van der Waals surface area contributed by atoms with Gasteiger partial charge in [0.1, 0.15) is 16.9 Å². The maximum absolute atomic E-state index is 10.0. The monoisotopic (exact) mass is 681 g/mol. The molecule has 0 aliphatic carbocycles. The minimum Gasteiger partial charge on any atom is -0.512 e. The summed E-state index contributed by atoms with van der Waals surface area (Å²) in [7, 11) is 0. The van der Waals surface area contributed by atoms with Crippen molar-refractivity contribution in [3.63, 3.8) is 0 Å². The molecule has 5 nitrogen and oxygen atoms in total. The SMILES string of the molecule is CC(=O)/C=C(/C)O.Cc1cccc(C)c1-c1cc2cnc(-c3[c-]ccc4c3oc3ccccc34)cc2o1.[Ir]. The van der Waals surface area contributed by atoms with Gasteiger partial charge in [-0.3, -0.25) is 4.79 Å². The average Bonchev–Trinajstić information content (AvgIpc) is 3.44. The van der Waals surface area contributed by atoms with Crippen LogP contribution in [-0.2, 0) is 24.9 Å². The van der Waals surface area contributed by atoms with Crippen LogP contribution in [0.25, 0.3) is 55.5 Å². The Bertz CT molecular complexity index is 1790. The van der Waals surface area contributed by atoms with E-state index < -0.39 is 0 Å². The van der Waals surface area contributed by atoms with Gasteiger partial charge in [-0.25, -0.2) is 0 Å². The van der Waals surface area contributed by atoms with Crippen LogP contribution in [-0.4, -0.2) is 15.9 Å². The molecule has 3 aromatic heterocycles. The van der Waals surface area contributed by atoms with Crippen molar-refractivity contribution < 1.29 is 38.8 Å². The van der Waals surface area contributed by atoms with Crippen LogP contribution in [0.5, 0.6) is 0 Å². The number of hydrogen-bond acceptors (Lipinski definition) is 5. The Kier molecular flexibility index (Phi) is 7.96. The molecule has 0 atom stereocenters. The zero-order chi connectivity index (χ0) is 26.1. The van der Waals surface area contributed by atoms with Crippen molar-refractivity contribution in [2.75, 3.05) is 0 Å². The van der Waals surface area contributed by atoms with Gasteiger partial charge in [-0.1, -0.05) is 47.3 Å². The molecule has 6 aromatic rings. The number of aliphatic hydroxyl groups excluding tert-OH is 1. The second kappa shape index (κ2) is 11.2. The number of fused-ring (bicyclic) bond motifs is 4. The molecule has 3 heterocycles. The van der Waals surface area contributed by atoms with E-state index in [9.17, 15) is 4.79 Å². The number of rotatable bonds is 3. The Balaban J connectivity index is 0.000000375. The molecular formula is C32H26IrNO4-. The summed E-state index contributed by atoms with van der Waals surface area (Å²) < 4.78 is 12.4. The first-order valence-corrected chi connectivity index (χ1v) is 12.0. The van der Waals surface area contributed by atoms with Gasteiger partial charge in [0.2, 0.25) is 0 Å². The van der Waals surface area contributed by atoms with Crippen molar-refractivity contribution in [1.82, 2.24) is 4.98 Å². The Morgan fingerprint density at radius 1 is 0.921 bits per heavy atom. The number of ketones is 1. The Morgan fingerprint density at radius 2 is 1.66 bits per heavy atom. The van der Waals surface area contributed by atoms with Crippen LogP contribution in [0.4, 0.5) is 0 Å². The molecule has 1 N–H and O–H groups in total. The maximum atomic E-state index is 10.0. The van der Waals surface area contributed by atoms with Crippen molar-refractivity contribution >= 4 is 38.7 Å². The molecule has 0 aliphatic heterocycles. The fourth-order valence-corrected chi connectivity index (χ4v) is 4.57. The fourth-order valence-electron chi connectivity index (χ4n) is 4.57. The zero-order valence-electron chi connectivity index (χ0n) is 21.5. The van der Waals surface area contributed by atoms with Gasteiger partial charge in [-0.05, 0) is 62.7 Å². The number of hydrogen-bond donors (Lipinski definition) is 1. The molecule has 1 radical (unpaired) electrons. The summed E-state index contributed by atoms with van der Waals surface area (Å²) in [5.74, 6) is 0.804. The number of aromatic nitrogens is 1. The van der Waals surface area contributed by atoms with Gasteiger partial charge in [0, 0.05) is 48.7 Å². The van der Waals surface area contributed by atoms with E-state index in [0.29, 0.717) is 0 Å². The van der Waals surface area contributed by atoms with E-state index >= 15 is 0 Å². The Hall–Kier alpha value is -3.99. The second-order valence-corrected chi connectivity index (χ2v) is 9.07. The van der Waals surface area contributed by atoms with E-state index in [1.807, 2.05) is 42.6 Å². The number of pyridine rings is 1. The summed E-state index contributed by atoms with van der Waals surface area (Å²) in [5, 5.41) is 11.5. The molecule has 0 saturated heterocycles. The molecule has 0 spiro atoms. The van der Waals surface area contributed by atoms with Gasteiger partial charge in [0.25, 0.3) is 0 Å². The fraction of sp³-hybridized carbons (Fsp3) is 0.125. The predicted molar refractivity (Wildman–Crippen MR) is 148 cm³/mol. The largest absolute Gasteiger partial charge is 0.512 e. The smallest absolute Gasteiger partial charge is 0.155 e. The molecule has 0 unspecified atom stereocenters. The summed E-state index contributed by atoms with van der Waals surface area (Å²) in [5.41, 5.74) is 7.63. The number of benzene rings is 3. The van der Waals surface area contributed by atoms with Gasteiger partial charge < -0.3 is 18.9 Å². The van der Waals surface area contributed by atoms with Crippen LogP contribution in [0.2, 0.25) is 0 Å². The van der Waals surface area contributed by atoms with Crippen molar-refractivity contribution in [1.29, 1.82) is 0 Å². The Morgan fingerprint density at radius 3 is 2.34 bits per heavy atom. The van der Waals surface area contributed by atoms with E-state index in [0.717, 1.165) is 55.5 Å². The number of para-hydroxylation sites is 1. The van der Waals surface area contributed by atoms with Crippen LogP contribution < -0.4 is 0 Å². The summed E-state index contributed by atoms with van der Waals surface area (Å²) in [6, 6.07) is 25.7. The summed E-state index contributed by atoms with van der Waals surface area (Å²) in [4.78, 5) is 14.7. The molecule has 0 fully saturated rings. The molecule has 38 heavy (non-hydrogen) atoms. The number of aryl methyl sites for hydroxylation is 2. The number of aliphatic hydroxyl groups is 1. The number of nitrogens with zero attached hydrogens (tertiary/aromatic N) is 1. The molecule has 6 rings (SSSR count). The van der Waals surface area contributed by atoms with Crippen LogP contribution in [0.15, 0.2) is 93.6 Å². The maximum Gasteiger partial charge on any atom is 0.155 e. The van der Waals surface area contributed by atoms with Gasteiger partial charge in [0.05, 0.1) is 11.3 Å². The van der Waals surface area contributed by atoms with Gasteiger partial charge in [-0.2, -0.15) is 0 Å². The van der Waals surface area contributed by atoms with Crippen molar-refractivity contribution in [3.8, 4) is 22.6 Å². The molecule has 0 saturated carbocycles. The standard InChI is InChI=1S/C27H18NO2.C5H8O2.Ir/c1-16-7-5-8-17(2)26(16)25-13-18-15-28-22(14-24(18)29-25)21-11-6-10-20-19-9-3-4-12-23(19)30-27(20)21;1-4(6)3-5(2)7;/h3-10,12-15H,1-2H3;3,6H,1-2H3;/q-1;;/b;4-3-;. The van der Waals surface area contributed by atoms with E-state index in [4.69, 9.17) is 18.9 Å². The van der Waals surface area contributed by atoms with E-state index in [-0.39, 0.29) is 31.6 Å². The third kappa shape index (κ3) is 5.33. The van der Waals surface area contributed by atoms with Gasteiger partial charge in [0.15, 0.2) is 5.78 Å². The topological polar surface area (TPSA) is 76.5 Å². The van der Waals surface area contributed by atoms with Gasteiger partial charge in [-0.15, -0.1) is 18.2 Å². The molecule has 0 aliphatic rings. The van der Waals surface area contributed by atoms with Gasteiger partial charge >= 0.3 is 0 Å². The van der Waals surface area contributed by atoms with E-state index in [1.165, 1.54) is 31.1 Å². The van der Waals surface area contributed by atoms with Crippen molar-refractivity contribution in [3.05, 3.63) is 102 Å². The first kappa shape index (κ1) is 27.1. The number of furan rings is 2. The average molecular weight is 681 g/mol. The number of carbonyl (C=O) groups excluding carboxylic acids is 1. The number of allylic oxidation sites excluding steroid dienone is 2. The van der Waals surface area contributed by atoms with E-state index in [2.05, 4.69) is 50.2 Å². The first-order chi connectivity index (χ1) is 17.8. The molecular weight excluding hydrogens is 655 g/mol. The van der Waals surface area contributed by atoms with Crippen LogP contribution >= 0.6 is 0 Å². The summed E-state index contributed by atoms with van der Waals surface area (Å²) in [6.07, 6.45) is 3.03. The molecule has 6 heteroatoms. The zero-order valence-corrected chi connectivity index (χ0v) is 23.9. The summed E-state index contributed by atoms with van der Waals surface area (Å²) in [6.45, 7) is 7.06. The molecule has 3 aromatic carbocycles. The summed E-state index contributed by atoms with van der Waals surface area (Å²) >= 11 is 0. The van der Waals surface area contributed by atoms with E-state index in [1.54, 1.807) is 0 Å². The first-order valence-electron chi connectivity index (χ1n) is 12.0. The van der Waals surface area contributed by atoms with Crippen LogP contribution in [0.1, 0.15) is 25.0 Å². The van der Waals surface area contributed by atoms with Crippen molar-refractivity contribution in [2.24, 2.45) is 0 Å². The minimum atomic E-state index is -0.125. The Labute approximate surface area is 234 Å². The molecule has 193 valence electrons. The quantitative estimate of drug-likeness (QED) is 0.115. The van der Waals surface area contributed by atoms with Crippen LogP contribution in [0, 0.1) is 19.9 Å². The second-order valence-electron chi connectivity index (χ2n) is 9.07. The minimum absolute atomic E-state index is 0. The normalized spacial score (nSPS) is 11.3. The molecule has 0 amide bonds.